The second-order valence-electron chi connectivity index (χ2n) is 4.25. The first kappa shape index (κ1) is 12.8. The summed E-state index contributed by atoms with van der Waals surface area (Å²) in [7, 11) is 0. The molecule has 0 fully saturated rings. The zero-order valence-electron chi connectivity index (χ0n) is 9.99. The summed E-state index contributed by atoms with van der Waals surface area (Å²) < 4.78 is 31.4. The molecule has 0 saturated heterocycles. The van der Waals surface area contributed by atoms with E-state index in [0.717, 1.165) is 12.1 Å². The van der Waals surface area contributed by atoms with Gasteiger partial charge < -0.3 is 4.42 Å². The van der Waals surface area contributed by atoms with E-state index >= 15 is 0 Å². The monoisotopic (exact) mass is 292 g/mol. The average Bonchev–Trinajstić information content (AvgIpc) is 2.81. The molecule has 3 rings (SSSR count). The fourth-order valence-corrected chi connectivity index (χ4v) is 2.19. The minimum atomic E-state index is -0.529. The Balaban J connectivity index is 2.08. The second-order valence-corrected chi connectivity index (χ2v) is 4.65. The third kappa shape index (κ3) is 2.18. The molecule has 5 heteroatoms. The highest BCUT2D eigenvalue weighted by Gasteiger charge is 2.18. The topological polar surface area (TPSA) is 30.2 Å². The largest absolute Gasteiger partial charge is 0.453 e. The number of rotatable bonds is 2. The van der Waals surface area contributed by atoms with E-state index in [1.807, 2.05) is 0 Å². The van der Waals surface area contributed by atoms with Gasteiger partial charge in [-0.15, -0.1) is 0 Å². The molecular weight excluding hydrogens is 286 g/mol. The second kappa shape index (κ2) is 4.72. The van der Waals surface area contributed by atoms with Crippen LogP contribution in [0.3, 0.4) is 0 Å². The van der Waals surface area contributed by atoms with Crippen LogP contribution in [-0.2, 0) is 0 Å². The van der Waals surface area contributed by atoms with Crippen LogP contribution in [0.5, 0.6) is 0 Å². The lowest BCUT2D eigenvalue weighted by atomic mass is 10.1. The van der Waals surface area contributed by atoms with Crippen LogP contribution in [0.25, 0.3) is 11.0 Å². The van der Waals surface area contributed by atoms with Crippen LogP contribution >= 0.6 is 11.6 Å². The number of hydrogen-bond acceptors (Lipinski definition) is 2. The van der Waals surface area contributed by atoms with Gasteiger partial charge in [-0.3, -0.25) is 4.79 Å². The average molecular weight is 293 g/mol. The Bertz CT molecular complexity index is 824. The Labute approximate surface area is 117 Å². The van der Waals surface area contributed by atoms with Gasteiger partial charge in [0.2, 0.25) is 5.78 Å². The number of halogens is 3. The molecule has 100 valence electrons. The molecule has 0 aliphatic carbocycles. The van der Waals surface area contributed by atoms with Gasteiger partial charge in [-0.05, 0) is 42.5 Å². The maximum atomic E-state index is 13.1. The van der Waals surface area contributed by atoms with Crippen molar-refractivity contribution >= 4 is 28.4 Å². The van der Waals surface area contributed by atoms with E-state index in [1.54, 1.807) is 0 Å². The highest BCUT2D eigenvalue weighted by molar-refractivity contribution is 6.34. The molecule has 20 heavy (non-hydrogen) atoms. The summed E-state index contributed by atoms with van der Waals surface area (Å²) in [5.41, 5.74) is 0.528. The van der Waals surface area contributed by atoms with Crippen LogP contribution in [0.15, 0.2) is 46.9 Å². The molecule has 0 amide bonds. The van der Waals surface area contributed by atoms with E-state index in [4.69, 9.17) is 16.0 Å². The summed E-state index contributed by atoms with van der Waals surface area (Å²) in [6.45, 7) is 0. The van der Waals surface area contributed by atoms with E-state index < -0.39 is 17.4 Å². The summed E-state index contributed by atoms with van der Waals surface area (Å²) in [5, 5.41) is 0.480. The lowest BCUT2D eigenvalue weighted by Gasteiger charge is -2.00. The van der Waals surface area contributed by atoms with Crippen LogP contribution < -0.4 is 0 Å². The lowest BCUT2D eigenvalue weighted by molar-refractivity contribution is 0.101. The summed E-state index contributed by atoms with van der Waals surface area (Å²) >= 11 is 5.84. The first-order chi connectivity index (χ1) is 9.54. The lowest BCUT2D eigenvalue weighted by Crippen LogP contribution is -2.00. The summed E-state index contributed by atoms with van der Waals surface area (Å²) in [5.74, 6) is -1.40. The molecule has 0 saturated carbocycles. The standard InChI is InChI=1S/C15H7ClF2O2/c16-12-7-10(18)1-3-11(12)15(19)14-6-8-5-9(17)2-4-13(8)20-14/h1-7H. The molecule has 0 unspecified atom stereocenters. The van der Waals surface area contributed by atoms with Gasteiger partial charge in [-0.2, -0.15) is 0 Å². The fourth-order valence-electron chi connectivity index (χ4n) is 1.93. The zero-order chi connectivity index (χ0) is 14.3. The van der Waals surface area contributed by atoms with Crippen molar-refractivity contribution in [2.24, 2.45) is 0 Å². The van der Waals surface area contributed by atoms with Gasteiger partial charge in [0.05, 0.1) is 5.02 Å². The Morgan fingerprint density at radius 2 is 1.70 bits per heavy atom. The van der Waals surface area contributed by atoms with Gasteiger partial charge in [-0.1, -0.05) is 11.6 Å². The quantitative estimate of drug-likeness (QED) is 0.646. The number of carbonyl (C=O) groups excluding carboxylic acids is 1. The van der Waals surface area contributed by atoms with Gasteiger partial charge in [-0.25, -0.2) is 8.78 Å². The number of furan rings is 1. The van der Waals surface area contributed by atoms with Gasteiger partial charge in [0.15, 0.2) is 5.76 Å². The maximum Gasteiger partial charge on any atom is 0.229 e. The van der Waals surface area contributed by atoms with Crippen LogP contribution in [0, 0.1) is 11.6 Å². The van der Waals surface area contributed by atoms with Gasteiger partial charge in [0.25, 0.3) is 0 Å². The van der Waals surface area contributed by atoms with Crippen LogP contribution in [0.1, 0.15) is 16.1 Å². The highest BCUT2D eigenvalue weighted by atomic mass is 35.5. The Morgan fingerprint density at radius 3 is 2.45 bits per heavy atom. The number of ketones is 1. The smallest absolute Gasteiger partial charge is 0.229 e. The first-order valence-corrected chi connectivity index (χ1v) is 6.11. The third-order valence-corrected chi connectivity index (χ3v) is 3.19. The normalized spacial score (nSPS) is 10.9. The van der Waals surface area contributed by atoms with Crippen molar-refractivity contribution in [3.8, 4) is 0 Å². The van der Waals surface area contributed by atoms with E-state index in [0.29, 0.717) is 11.0 Å². The van der Waals surface area contributed by atoms with Gasteiger partial charge >= 0.3 is 0 Å². The fraction of sp³-hybridized carbons (Fsp3) is 0. The number of benzene rings is 2. The zero-order valence-corrected chi connectivity index (χ0v) is 10.7. The van der Waals surface area contributed by atoms with E-state index in [2.05, 4.69) is 0 Å². The molecule has 0 aliphatic rings. The molecule has 0 aliphatic heterocycles. The summed E-state index contributed by atoms with van der Waals surface area (Å²) in [4.78, 5) is 12.2. The first-order valence-electron chi connectivity index (χ1n) is 5.73. The van der Waals surface area contributed by atoms with Crippen molar-refractivity contribution in [3.63, 3.8) is 0 Å². The summed E-state index contributed by atoms with van der Waals surface area (Å²) in [6, 6.07) is 8.85. The molecule has 0 bridgehead atoms. The van der Waals surface area contributed by atoms with Crippen LogP contribution in [0.2, 0.25) is 5.02 Å². The molecule has 0 N–H and O–H groups in total. The predicted molar refractivity (Wildman–Crippen MR) is 71.0 cm³/mol. The van der Waals surface area contributed by atoms with E-state index in [-0.39, 0.29) is 16.3 Å². The molecule has 0 radical (unpaired) electrons. The van der Waals surface area contributed by atoms with Crippen molar-refractivity contribution in [3.05, 3.63) is 70.4 Å². The summed E-state index contributed by atoms with van der Waals surface area (Å²) in [6.07, 6.45) is 0. The number of carbonyl (C=O) groups is 1. The molecule has 0 spiro atoms. The molecular formula is C15H7ClF2O2. The van der Waals surface area contributed by atoms with Crippen molar-refractivity contribution in [2.75, 3.05) is 0 Å². The van der Waals surface area contributed by atoms with E-state index in [1.165, 1.54) is 30.3 Å². The Morgan fingerprint density at radius 1 is 1.00 bits per heavy atom. The Hall–Kier alpha value is -2.20. The predicted octanol–water partition coefficient (Wildman–Crippen LogP) is 4.60. The molecule has 2 nitrogen and oxygen atoms in total. The third-order valence-electron chi connectivity index (χ3n) is 2.88. The van der Waals surface area contributed by atoms with Gasteiger partial charge in [0.1, 0.15) is 17.2 Å². The molecule has 2 aromatic carbocycles. The number of hydrogen-bond donors (Lipinski definition) is 0. The van der Waals surface area contributed by atoms with Crippen molar-refractivity contribution < 1.29 is 18.0 Å². The van der Waals surface area contributed by atoms with Crippen molar-refractivity contribution in [1.82, 2.24) is 0 Å². The molecule has 0 atom stereocenters. The van der Waals surface area contributed by atoms with Crippen molar-refractivity contribution in [2.45, 2.75) is 0 Å². The maximum absolute atomic E-state index is 13.1. The van der Waals surface area contributed by atoms with Crippen LogP contribution in [-0.4, -0.2) is 5.78 Å². The van der Waals surface area contributed by atoms with Crippen LogP contribution in [0.4, 0.5) is 8.78 Å². The van der Waals surface area contributed by atoms with E-state index in [9.17, 15) is 13.6 Å². The Kier molecular flexibility index (Phi) is 3.03. The molecule has 1 heterocycles. The molecule has 3 aromatic rings. The highest BCUT2D eigenvalue weighted by Crippen LogP contribution is 2.25. The minimum Gasteiger partial charge on any atom is -0.453 e. The minimum absolute atomic E-state index is 0.00152. The van der Waals surface area contributed by atoms with Crippen molar-refractivity contribution in [1.29, 1.82) is 0 Å². The molecule has 1 aromatic heterocycles. The SMILES string of the molecule is O=C(c1cc2cc(F)ccc2o1)c1ccc(F)cc1Cl. The van der Waals surface area contributed by atoms with Gasteiger partial charge in [0, 0.05) is 10.9 Å². The number of fused-ring (bicyclic) bond motifs is 1.